The Hall–Kier alpha value is -3.01. The lowest BCUT2D eigenvalue weighted by Gasteiger charge is -2.40. The number of pyridine rings is 1. The van der Waals surface area contributed by atoms with E-state index in [1.807, 2.05) is 30.3 Å². The van der Waals surface area contributed by atoms with Crippen LogP contribution in [0.2, 0.25) is 0 Å². The number of benzene rings is 1. The van der Waals surface area contributed by atoms with E-state index in [1.165, 1.54) is 0 Å². The molecule has 0 spiro atoms. The van der Waals surface area contributed by atoms with Gasteiger partial charge in [-0.05, 0) is 36.2 Å². The van der Waals surface area contributed by atoms with Gasteiger partial charge in [-0.1, -0.05) is 6.07 Å². The van der Waals surface area contributed by atoms with Crippen LogP contribution in [-0.4, -0.2) is 60.0 Å². The summed E-state index contributed by atoms with van der Waals surface area (Å²) in [6.45, 7) is 1.40. The van der Waals surface area contributed by atoms with E-state index in [9.17, 15) is 14.7 Å². The summed E-state index contributed by atoms with van der Waals surface area (Å²) in [4.78, 5) is 29.9. The maximum atomic E-state index is 13.1. The molecule has 2 bridgehead atoms. The fourth-order valence-corrected chi connectivity index (χ4v) is 5.24. The monoisotopic (exact) mass is 481 g/mol. The fourth-order valence-electron chi connectivity index (χ4n) is 5.24. The molecule has 2 aromatic rings. The molecule has 2 amide bonds. The normalized spacial score (nSPS) is 26.3. The molecule has 0 unspecified atom stereocenters. The molecule has 5 rings (SSSR count). The van der Waals surface area contributed by atoms with E-state index < -0.39 is 18.1 Å². The SMILES string of the molecule is O=C(C[C@H]1C[C@@H]2c3cc(ccc3OC3CCOCC3)NC(=O)[C@@H]2[C@@H](CO)O1)NCc1cccnc1. The number of aromatic nitrogens is 1. The number of rotatable bonds is 7. The van der Waals surface area contributed by atoms with Gasteiger partial charge in [0.25, 0.3) is 0 Å². The number of ether oxygens (including phenoxy) is 3. The van der Waals surface area contributed by atoms with Crippen molar-refractivity contribution < 1.29 is 28.9 Å². The zero-order chi connectivity index (χ0) is 24.2. The molecule has 2 saturated heterocycles. The third-order valence-corrected chi connectivity index (χ3v) is 6.97. The highest BCUT2D eigenvalue weighted by Gasteiger charge is 2.46. The van der Waals surface area contributed by atoms with E-state index in [2.05, 4.69) is 15.6 Å². The van der Waals surface area contributed by atoms with Crippen LogP contribution < -0.4 is 15.4 Å². The first-order valence-electron chi connectivity index (χ1n) is 12.2. The molecule has 4 heterocycles. The van der Waals surface area contributed by atoms with Crippen molar-refractivity contribution in [2.45, 2.75) is 56.5 Å². The number of carbonyl (C=O) groups is 2. The van der Waals surface area contributed by atoms with Crippen LogP contribution in [0.5, 0.6) is 5.75 Å². The number of fused-ring (bicyclic) bond motifs is 4. The minimum Gasteiger partial charge on any atom is -0.490 e. The molecule has 0 radical (unpaired) electrons. The van der Waals surface area contributed by atoms with Gasteiger partial charge in [0.1, 0.15) is 11.9 Å². The van der Waals surface area contributed by atoms with Crippen LogP contribution >= 0.6 is 0 Å². The number of hydrogen-bond donors (Lipinski definition) is 3. The highest BCUT2D eigenvalue weighted by molar-refractivity contribution is 5.95. The summed E-state index contributed by atoms with van der Waals surface area (Å²) in [5.41, 5.74) is 2.52. The second-order valence-electron chi connectivity index (χ2n) is 9.36. The van der Waals surface area contributed by atoms with Gasteiger partial charge in [0.05, 0.1) is 44.4 Å². The maximum absolute atomic E-state index is 13.1. The van der Waals surface area contributed by atoms with E-state index in [0.29, 0.717) is 31.9 Å². The van der Waals surface area contributed by atoms with Gasteiger partial charge in [-0.25, -0.2) is 0 Å². The summed E-state index contributed by atoms with van der Waals surface area (Å²) < 4.78 is 17.9. The van der Waals surface area contributed by atoms with Gasteiger partial charge >= 0.3 is 0 Å². The molecule has 4 atom stereocenters. The molecule has 3 aliphatic heterocycles. The zero-order valence-electron chi connectivity index (χ0n) is 19.5. The number of amides is 2. The van der Waals surface area contributed by atoms with Gasteiger partial charge in [-0.3, -0.25) is 14.6 Å². The van der Waals surface area contributed by atoms with Crippen LogP contribution in [0.1, 0.15) is 42.7 Å². The van der Waals surface area contributed by atoms with Crippen LogP contribution in [0.4, 0.5) is 5.69 Å². The molecule has 2 fully saturated rings. The molecular formula is C26H31N3O6. The van der Waals surface area contributed by atoms with E-state index in [1.54, 1.807) is 12.4 Å². The predicted octanol–water partition coefficient (Wildman–Crippen LogP) is 2.15. The van der Waals surface area contributed by atoms with Crippen LogP contribution in [0.15, 0.2) is 42.7 Å². The van der Waals surface area contributed by atoms with Gasteiger partial charge in [0, 0.05) is 48.9 Å². The Kier molecular flexibility index (Phi) is 7.26. The second kappa shape index (κ2) is 10.7. The van der Waals surface area contributed by atoms with Gasteiger partial charge in [0.15, 0.2) is 0 Å². The molecule has 0 saturated carbocycles. The highest BCUT2D eigenvalue weighted by atomic mass is 16.5. The molecule has 3 N–H and O–H groups in total. The molecule has 186 valence electrons. The number of nitrogens with zero attached hydrogens (tertiary/aromatic N) is 1. The highest BCUT2D eigenvalue weighted by Crippen LogP contribution is 2.46. The van der Waals surface area contributed by atoms with Crippen LogP contribution in [0.3, 0.4) is 0 Å². The Morgan fingerprint density at radius 2 is 2.11 bits per heavy atom. The topological polar surface area (TPSA) is 119 Å². The predicted molar refractivity (Wildman–Crippen MR) is 127 cm³/mol. The molecule has 0 aliphatic carbocycles. The van der Waals surface area contributed by atoms with Crippen molar-refractivity contribution in [3.05, 3.63) is 53.9 Å². The van der Waals surface area contributed by atoms with Crippen molar-refractivity contribution in [3.8, 4) is 5.75 Å². The first kappa shape index (κ1) is 23.7. The number of anilines is 1. The molecular weight excluding hydrogens is 450 g/mol. The Morgan fingerprint density at radius 3 is 2.89 bits per heavy atom. The van der Waals surface area contributed by atoms with Gasteiger partial charge in [-0.15, -0.1) is 0 Å². The maximum Gasteiger partial charge on any atom is 0.230 e. The lowest BCUT2D eigenvalue weighted by atomic mass is 9.76. The lowest BCUT2D eigenvalue weighted by Crippen LogP contribution is -2.48. The Bertz CT molecular complexity index is 1040. The quantitative estimate of drug-likeness (QED) is 0.554. The van der Waals surface area contributed by atoms with Crippen molar-refractivity contribution in [1.82, 2.24) is 10.3 Å². The van der Waals surface area contributed by atoms with E-state index in [4.69, 9.17) is 14.2 Å². The van der Waals surface area contributed by atoms with Crippen molar-refractivity contribution in [2.24, 2.45) is 5.92 Å². The fraction of sp³-hybridized carbons (Fsp3) is 0.500. The Balaban J connectivity index is 1.33. The average Bonchev–Trinajstić information content (AvgIpc) is 2.99. The summed E-state index contributed by atoms with van der Waals surface area (Å²) in [5, 5.41) is 16.0. The molecule has 9 nitrogen and oxygen atoms in total. The Morgan fingerprint density at radius 1 is 1.26 bits per heavy atom. The molecule has 1 aromatic heterocycles. The summed E-state index contributed by atoms with van der Waals surface area (Å²) in [6.07, 6.45) is 4.54. The summed E-state index contributed by atoms with van der Waals surface area (Å²) >= 11 is 0. The zero-order valence-corrected chi connectivity index (χ0v) is 19.5. The second-order valence-corrected chi connectivity index (χ2v) is 9.36. The molecule has 1 aromatic carbocycles. The summed E-state index contributed by atoms with van der Waals surface area (Å²) in [5.74, 6) is -0.419. The molecule has 35 heavy (non-hydrogen) atoms. The smallest absolute Gasteiger partial charge is 0.230 e. The van der Waals surface area contributed by atoms with Crippen molar-refractivity contribution in [2.75, 3.05) is 25.1 Å². The summed E-state index contributed by atoms with van der Waals surface area (Å²) in [6, 6.07) is 9.42. The minimum atomic E-state index is -0.713. The van der Waals surface area contributed by atoms with E-state index in [-0.39, 0.29) is 36.9 Å². The number of carbonyl (C=O) groups excluding carboxylic acids is 2. The van der Waals surface area contributed by atoms with Crippen molar-refractivity contribution >= 4 is 17.5 Å². The largest absolute Gasteiger partial charge is 0.490 e. The Labute approximate surface area is 204 Å². The molecule has 3 aliphatic rings. The summed E-state index contributed by atoms with van der Waals surface area (Å²) in [7, 11) is 0. The van der Waals surface area contributed by atoms with Gasteiger partial charge in [-0.2, -0.15) is 0 Å². The van der Waals surface area contributed by atoms with Crippen LogP contribution in [0.25, 0.3) is 0 Å². The molecule has 9 heteroatoms. The van der Waals surface area contributed by atoms with Gasteiger partial charge in [0.2, 0.25) is 11.8 Å². The van der Waals surface area contributed by atoms with Crippen molar-refractivity contribution in [1.29, 1.82) is 0 Å². The third kappa shape index (κ3) is 5.47. The van der Waals surface area contributed by atoms with Crippen LogP contribution in [0, 0.1) is 5.92 Å². The first-order valence-corrected chi connectivity index (χ1v) is 12.2. The number of aliphatic hydroxyl groups excluding tert-OH is 1. The van der Waals surface area contributed by atoms with Crippen LogP contribution in [-0.2, 0) is 25.6 Å². The van der Waals surface area contributed by atoms with Gasteiger partial charge < -0.3 is 30.0 Å². The van der Waals surface area contributed by atoms with Crippen molar-refractivity contribution in [3.63, 3.8) is 0 Å². The van der Waals surface area contributed by atoms with E-state index >= 15 is 0 Å². The lowest BCUT2D eigenvalue weighted by molar-refractivity contribution is -0.148. The number of aliphatic hydroxyl groups is 1. The first-order chi connectivity index (χ1) is 17.1. The number of hydrogen-bond acceptors (Lipinski definition) is 7. The third-order valence-electron chi connectivity index (χ3n) is 6.97. The standard InChI is InChI=1S/C26H31N3O6/c30-15-23-25-21(11-19(35-23)12-24(31)28-14-16-2-1-7-27-13-16)20-10-17(29-26(25)32)3-4-22(20)34-18-5-8-33-9-6-18/h1-4,7,10,13,18-19,21,23,25,30H,5-6,8-9,11-12,14-15H2,(H,28,31)(H,29,32)/t19-,21-,23-,25+/m1/s1. The number of nitrogens with one attached hydrogen (secondary N) is 2. The average molecular weight is 482 g/mol. The minimum absolute atomic E-state index is 0.0544. The van der Waals surface area contributed by atoms with E-state index in [0.717, 1.165) is 29.7 Å².